The molecule has 0 spiro atoms. The number of rotatable bonds is 6. The average Bonchev–Trinajstić information content (AvgIpc) is 2.91. The number of alkyl halides is 3. The van der Waals surface area contributed by atoms with Gasteiger partial charge in [0.15, 0.2) is 5.69 Å². The summed E-state index contributed by atoms with van der Waals surface area (Å²) in [5.74, 6) is -0.721. The second kappa shape index (κ2) is 8.00. The fourth-order valence-electron chi connectivity index (χ4n) is 3.09. The van der Waals surface area contributed by atoms with Crippen LogP contribution in [0.5, 0.6) is 0 Å². The molecule has 1 amide bonds. The minimum Gasteiger partial charge on any atom is -0.352 e. The van der Waals surface area contributed by atoms with Crippen molar-refractivity contribution in [2.45, 2.75) is 51.2 Å². The van der Waals surface area contributed by atoms with Gasteiger partial charge in [0.05, 0.1) is 5.56 Å². The third-order valence-electron chi connectivity index (χ3n) is 4.44. The first kappa shape index (κ1) is 18.8. The van der Waals surface area contributed by atoms with Crippen molar-refractivity contribution < 1.29 is 18.0 Å². The number of hydrogen-bond acceptors (Lipinski definition) is 3. The van der Waals surface area contributed by atoms with E-state index in [0.717, 1.165) is 36.8 Å². The Balaban J connectivity index is 1.76. The van der Waals surface area contributed by atoms with Crippen LogP contribution in [0.4, 0.5) is 13.2 Å². The molecule has 0 aromatic carbocycles. The SMILES string of the molecule is C[C@H]1CCCCN1CCCCNC(=O)c1cn(C)nc1C(F)(F)F. The van der Waals surface area contributed by atoms with Crippen LogP contribution < -0.4 is 5.32 Å². The van der Waals surface area contributed by atoms with Crippen molar-refractivity contribution in [2.75, 3.05) is 19.6 Å². The zero-order valence-electron chi connectivity index (χ0n) is 14.2. The van der Waals surface area contributed by atoms with Gasteiger partial charge in [0.1, 0.15) is 0 Å². The lowest BCUT2D eigenvalue weighted by Crippen LogP contribution is -2.38. The molecule has 0 unspecified atom stereocenters. The van der Waals surface area contributed by atoms with Crippen LogP contribution in [-0.4, -0.2) is 46.3 Å². The van der Waals surface area contributed by atoms with E-state index in [9.17, 15) is 18.0 Å². The summed E-state index contributed by atoms with van der Waals surface area (Å²) in [6.07, 6.45) is 1.87. The van der Waals surface area contributed by atoms with E-state index in [-0.39, 0.29) is 0 Å². The molecule has 1 aliphatic rings. The van der Waals surface area contributed by atoms with Crippen LogP contribution in [-0.2, 0) is 13.2 Å². The third-order valence-corrected chi connectivity index (χ3v) is 4.44. The van der Waals surface area contributed by atoms with E-state index in [0.29, 0.717) is 12.6 Å². The number of unbranched alkanes of at least 4 members (excludes halogenated alkanes) is 1. The number of piperidine rings is 1. The minimum atomic E-state index is -4.63. The quantitative estimate of drug-likeness (QED) is 0.806. The molecule has 1 fully saturated rings. The first-order valence-corrected chi connectivity index (χ1v) is 8.42. The normalized spacial score (nSPS) is 19.5. The van der Waals surface area contributed by atoms with Gasteiger partial charge in [-0.3, -0.25) is 9.48 Å². The van der Waals surface area contributed by atoms with E-state index in [4.69, 9.17) is 0 Å². The predicted octanol–water partition coefficient (Wildman–Crippen LogP) is 2.82. The molecule has 1 saturated heterocycles. The van der Waals surface area contributed by atoms with Gasteiger partial charge in [-0.05, 0) is 45.7 Å². The standard InChI is InChI=1S/C16H25F3N4O/c1-12-7-3-5-9-23(12)10-6-4-8-20-15(24)13-11-22(2)21-14(13)16(17,18)19/h11-12H,3-10H2,1-2H3,(H,20,24)/t12-/m0/s1. The first-order chi connectivity index (χ1) is 11.3. The first-order valence-electron chi connectivity index (χ1n) is 8.42. The molecule has 0 aliphatic carbocycles. The summed E-state index contributed by atoms with van der Waals surface area (Å²) in [4.78, 5) is 14.4. The van der Waals surface area contributed by atoms with Gasteiger partial charge in [-0.2, -0.15) is 18.3 Å². The van der Waals surface area contributed by atoms with Crippen molar-refractivity contribution in [3.05, 3.63) is 17.5 Å². The third kappa shape index (κ3) is 4.96. The molecule has 1 aliphatic heterocycles. The summed E-state index contributed by atoms with van der Waals surface area (Å²) < 4.78 is 39.5. The van der Waals surface area contributed by atoms with E-state index in [1.807, 2.05) is 0 Å². The van der Waals surface area contributed by atoms with Crippen molar-refractivity contribution in [2.24, 2.45) is 7.05 Å². The Labute approximate surface area is 140 Å². The van der Waals surface area contributed by atoms with Crippen LogP contribution in [0.25, 0.3) is 0 Å². The maximum Gasteiger partial charge on any atom is 0.435 e. The molecule has 0 saturated carbocycles. The predicted molar refractivity (Wildman–Crippen MR) is 84.7 cm³/mol. The van der Waals surface area contributed by atoms with Crippen LogP contribution in [0.1, 0.15) is 55.1 Å². The molecule has 5 nitrogen and oxygen atoms in total. The zero-order chi connectivity index (χ0) is 17.7. The van der Waals surface area contributed by atoms with Crippen molar-refractivity contribution >= 4 is 5.91 Å². The van der Waals surface area contributed by atoms with Crippen molar-refractivity contribution in [3.8, 4) is 0 Å². The summed E-state index contributed by atoms with van der Waals surface area (Å²) >= 11 is 0. The molecule has 0 bridgehead atoms. The van der Waals surface area contributed by atoms with E-state index in [2.05, 4.69) is 22.2 Å². The van der Waals surface area contributed by atoms with E-state index < -0.39 is 23.3 Å². The maximum absolute atomic E-state index is 12.8. The minimum absolute atomic E-state index is 0.368. The van der Waals surface area contributed by atoms with Crippen LogP contribution in [0.3, 0.4) is 0 Å². The van der Waals surface area contributed by atoms with Crippen molar-refractivity contribution in [1.29, 1.82) is 0 Å². The lowest BCUT2D eigenvalue weighted by atomic mass is 10.0. The number of aromatic nitrogens is 2. The van der Waals surface area contributed by atoms with E-state index in [1.165, 1.54) is 26.3 Å². The second-order valence-corrected chi connectivity index (χ2v) is 6.41. The van der Waals surface area contributed by atoms with Crippen LogP contribution in [0, 0.1) is 0 Å². The Morgan fingerprint density at radius 2 is 2.12 bits per heavy atom. The lowest BCUT2D eigenvalue weighted by molar-refractivity contribution is -0.141. The molecule has 0 radical (unpaired) electrons. The van der Waals surface area contributed by atoms with Gasteiger partial charge in [0, 0.05) is 25.8 Å². The summed E-state index contributed by atoms with van der Waals surface area (Å²) in [6.45, 7) is 4.67. The maximum atomic E-state index is 12.8. The molecule has 1 aromatic rings. The van der Waals surface area contributed by atoms with Gasteiger partial charge < -0.3 is 10.2 Å². The Morgan fingerprint density at radius 1 is 1.38 bits per heavy atom. The number of aryl methyl sites for hydroxylation is 1. The monoisotopic (exact) mass is 346 g/mol. The fourth-order valence-corrected chi connectivity index (χ4v) is 3.09. The van der Waals surface area contributed by atoms with Gasteiger partial charge in [0.25, 0.3) is 5.91 Å². The van der Waals surface area contributed by atoms with Crippen LogP contribution in [0.2, 0.25) is 0 Å². The van der Waals surface area contributed by atoms with Gasteiger partial charge in [0.2, 0.25) is 0 Å². The summed E-state index contributed by atoms with van der Waals surface area (Å²) in [5.41, 5.74) is -1.56. The highest BCUT2D eigenvalue weighted by Gasteiger charge is 2.38. The van der Waals surface area contributed by atoms with E-state index in [1.54, 1.807) is 0 Å². The van der Waals surface area contributed by atoms with Crippen molar-refractivity contribution in [3.63, 3.8) is 0 Å². The highest BCUT2D eigenvalue weighted by atomic mass is 19.4. The van der Waals surface area contributed by atoms with Gasteiger partial charge >= 0.3 is 6.18 Å². The molecular formula is C16H25F3N4O. The Kier molecular flexibility index (Phi) is 6.26. The zero-order valence-corrected chi connectivity index (χ0v) is 14.2. The molecule has 1 atom stereocenters. The molecule has 2 heterocycles. The Hall–Kier alpha value is -1.57. The van der Waals surface area contributed by atoms with Crippen molar-refractivity contribution in [1.82, 2.24) is 20.0 Å². The number of nitrogens with zero attached hydrogens (tertiary/aromatic N) is 3. The molecular weight excluding hydrogens is 321 g/mol. The summed E-state index contributed by atoms with van der Waals surface area (Å²) in [7, 11) is 1.37. The lowest BCUT2D eigenvalue weighted by Gasteiger charge is -2.33. The fraction of sp³-hybridized carbons (Fsp3) is 0.750. The Bertz CT molecular complexity index is 556. The molecule has 1 N–H and O–H groups in total. The molecule has 24 heavy (non-hydrogen) atoms. The van der Waals surface area contributed by atoms with Gasteiger partial charge in [-0.15, -0.1) is 0 Å². The summed E-state index contributed by atoms with van der Waals surface area (Å²) in [5, 5.41) is 5.90. The molecule has 136 valence electrons. The number of halogens is 3. The number of likely N-dealkylation sites (tertiary alicyclic amines) is 1. The van der Waals surface area contributed by atoms with Crippen LogP contribution >= 0.6 is 0 Å². The van der Waals surface area contributed by atoms with Gasteiger partial charge in [-0.25, -0.2) is 0 Å². The van der Waals surface area contributed by atoms with Crippen LogP contribution in [0.15, 0.2) is 6.20 Å². The van der Waals surface area contributed by atoms with Gasteiger partial charge in [-0.1, -0.05) is 6.42 Å². The second-order valence-electron chi connectivity index (χ2n) is 6.41. The van der Waals surface area contributed by atoms with E-state index >= 15 is 0 Å². The molecule has 1 aromatic heterocycles. The molecule has 8 heteroatoms. The number of carbonyl (C=O) groups excluding carboxylic acids is 1. The highest BCUT2D eigenvalue weighted by Crippen LogP contribution is 2.30. The Morgan fingerprint density at radius 3 is 2.79 bits per heavy atom. The smallest absolute Gasteiger partial charge is 0.352 e. The summed E-state index contributed by atoms with van der Waals surface area (Å²) in [6, 6.07) is 0.595. The number of carbonyl (C=O) groups is 1. The largest absolute Gasteiger partial charge is 0.435 e. The highest BCUT2D eigenvalue weighted by molar-refractivity contribution is 5.95. The topological polar surface area (TPSA) is 50.2 Å². The molecule has 2 rings (SSSR count). The number of amides is 1. The number of hydrogen-bond donors (Lipinski definition) is 1. The average molecular weight is 346 g/mol. The number of nitrogens with one attached hydrogen (secondary N) is 1.